The van der Waals surface area contributed by atoms with E-state index in [4.69, 9.17) is 15.2 Å². The highest BCUT2D eigenvalue weighted by molar-refractivity contribution is 6.04. The number of carbonyl (C=O) groups excluding carboxylic acids is 1. The minimum absolute atomic E-state index is 0.0670. The smallest absolute Gasteiger partial charge is 0.274 e. The molecule has 0 spiro atoms. The second kappa shape index (κ2) is 10.8. The standard InChI is InChI=1S/C24H34N6O3/c1-3-9-30(10-4-2)24-27-19(23(31)26-18-8-6-5-7-17(18)25)15-22(28-24)33-21-16-20(21)29-11-13-32-14-12-29/h5-8,15,20-21H,3-4,9-14,16,25H2,1-2H3,(H,26,31). The number of benzene rings is 1. The molecule has 33 heavy (non-hydrogen) atoms. The Morgan fingerprint density at radius 3 is 2.64 bits per heavy atom. The Hall–Kier alpha value is -2.91. The molecule has 2 unspecified atom stereocenters. The van der Waals surface area contributed by atoms with Crippen LogP contribution in [0.15, 0.2) is 30.3 Å². The van der Waals surface area contributed by atoms with Gasteiger partial charge in [0.05, 0.1) is 30.6 Å². The Labute approximate surface area is 195 Å². The zero-order chi connectivity index (χ0) is 23.2. The van der Waals surface area contributed by atoms with Crippen LogP contribution in [0.4, 0.5) is 17.3 Å². The number of nitrogens with zero attached hydrogens (tertiary/aromatic N) is 4. The van der Waals surface area contributed by atoms with Gasteiger partial charge in [-0.2, -0.15) is 4.98 Å². The van der Waals surface area contributed by atoms with Crippen LogP contribution in [0.25, 0.3) is 0 Å². The van der Waals surface area contributed by atoms with Gasteiger partial charge >= 0.3 is 0 Å². The summed E-state index contributed by atoms with van der Waals surface area (Å²) in [4.78, 5) is 26.8. The summed E-state index contributed by atoms with van der Waals surface area (Å²) < 4.78 is 11.7. The maximum Gasteiger partial charge on any atom is 0.274 e. The maximum absolute atomic E-state index is 13.1. The van der Waals surface area contributed by atoms with Crippen LogP contribution in [0.5, 0.6) is 5.88 Å². The van der Waals surface area contributed by atoms with E-state index >= 15 is 0 Å². The number of ether oxygens (including phenoxy) is 2. The maximum atomic E-state index is 13.1. The van der Waals surface area contributed by atoms with Gasteiger partial charge in [-0.1, -0.05) is 26.0 Å². The molecule has 1 amide bonds. The topological polar surface area (TPSA) is 106 Å². The first-order chi connectivity index (χ1) is 16.1. The molecular weight excluding hydrogens is 420 g/mol. The van der Waals surface area contributed by atoms with Crippen LogP contribution in [-0.4, -0.2) is 72.3 Å². The van der Waals surface area contributed by atoms with Crippen LogP contribution in [0, 0.1) is 0 Å². The van der Waals surface area contributed by atoms with Crippen molar-refractivity contribution in [3.8, 4) is 5.88 Å². The van der Waals surface area contributed by atoms with E-state index in [2.05, 4.69) is 38.9 Å². The highest BCUT2D eigenvalue weighted by Gasteiger charge is 2.44. The monoisotopic (exact) mass is 454 g/mol. The van der Waals surface area contributed by atoms with E-state index in [0.717, 1.165) is 58.7 Å². The summed E-state index contributed by atoms with van der Waals surface area (Å²) in [5.41, 5.74) is 7.32. The highest BCUT2D eigenvalue weighted by atomic mass is 16.5. The summed E-state index contributed by atoms with van der Waals surface area (Å²) >= 11 is 0. The van der Waals surface area contributed by atoms with Crippen molar-refractivity contribution in [2.75, 3.05) is 55.3 Å². The first kappa shape index (κ1) is 23.3. The summed E-state index contributed by atoms with van der Waals surface area (Å²) in [6.45, 7) is 9.22. The highest BCUT2D eigenvalue weighted by Crippen LogP contribution is 2.33. The van der Waals surface area contributed by atoms with E-state index in [-0.39, 0.29) is 17.7 Å². The Morgan fingerprint density at radius 2 is 1.94 bits per heavy atom. The van der Waals surface area contributed by atoms with Gasteiger partial charge in [0, 0.05) is 38.7 Å². The number of rotatable bonds is 10. The number of hydrogen-bond donors (Lipinski definition) is 2. The third kappa shape index (κ3) is 5.91. The zero-order valence-electron chi connectivity index (χ0n) is 19.5. The van der Waals surface area contributed by atoms with Crippen LogP contribution >= 0.6 is 0 Å². The first-order valence-corrected chi connectivity index (χ1v) is 11.9. The zero-order valence-corrected chi connectivity index (χ0v) is 19.5. The average Bonchev–Trinajstić information content (AvgIpc) is 3.60. The van der Waals surface area contributed by atoms with Crippen molar-refractivity contribution in [2.45, 2.75) is 45.3 Å². The summed E-state index contributed by atoms with van der Waals surface area (Å²) in [6, 6.07) is 9.17. The minimum atomic E-state index is -0.338. The molecule has 1 saturated heterocycles. The lowest BCUT2D eigenvalue weighted by Gasteiger charge is -2.26. The van der Waals surface area contributed by atoms with E-state index in [1.165, 1.54) is 0 Å². The fraction of sp³-hybridized carbons (Fsp3) is 0.542. The number of hydrogen-bond acceptors (Lipinski definition) is 8. The van der Waals surface area contributed by atoms with E-state index in [9.17, 15) is 4.79 Å². The summed E-state index contributed by atoms with van der Waals surface area (Å²) in [7, 11) is 0. The van der Waals surface area contributed by atoms with Crippen molar-refractivity contribution in [1.29, 1.82) is 0 Å². The van der Waals surface area contributed by atoms with Gasteiger partial charge in [0.2, 0.25) is 11.8 Å². The lowest BCUT2D eigenvalue weighted by Crippen LogP contribution is -2.39. The minimum Gasteiger partial charge on any atom is -0.472 e. The third-order valence-electron chi connectivity index (χ3n) is 5.89. The quantitative estimate of drug-likeness (QED) is 0.528. The Kier molecular flexibility index (Phi) is 7.61. The molecule has 2 heterocycles. The van der Waals surface area contributed by atoms with E-state index in [1.807, 2.05) is 12.1 Å². The molecule has 1 aliphatic heterocycles. The molecule has 9 nitrogen and oxygen atoms in total. The Morgan fingerprint density at radius 1 is 1.21 bits per heavy atom. The van der Waals surface area contributed by atoms with Gasteiger partial charge < -0.3 is 25.4 Å². The largest absolute Gasteiger partial charge is 0.472 e. The van der Waals surface area contributed by atoms with Gasteiger partial charge in [-0.3, -0.25) is 9.69 Å². The molecule has 9 heteroatoms. The molecule has 1 saturated carbocycles. The number of nitrogens with two attached hydrogens (primary N) is 1. The van der Waals surface area contributed by atoms with Crippen molar-refractivity contribution < 1.29 is 14.3 Å². The molecule has 2 fully saturated rings. The molecule has 3 N–H and O–H groups in total. The van der Waals surface area contributed by atoms with Crippen molar-refractivity contribution in [3.63, 3.8) is 0 Å². The van der Waals surface area contributed by atoms with Gasteiger partial charge in [0.1, 0.15) is 11.8 Å². The third-order valence-corrected chi connectivity index (χ3v) is 5.89. The van der Waals surface area contributed by atoms with Gasteiger partial charge in [-0.15, -0.1) is 0 Å². The molecule has 2 atom stereocenters. The lowest BCUT2D eigenvalue weighted by molar-refractivity contribution is 0.0280. The summed E-state index contributed by atoms with van der Waals surface area (Å²) in [5, 5.41) is 2.86. The van der Waals surface area contributed by atoms with E-state index < -0.39 is 0 Å². The van der Waals surface area contributed by atoms with Gasteiger partial charge in [-0.05, 0) is 25.0 Å². The van der Waals surface area contributed by atoms with Gasteiger partial charge in [0.25, 0.3) is 5.91 Å². The van der Waals surface area contributed by atoms with E-state index in [0.29, 0.717) is 29.2 Å². The molecule has 4 rings (SSSR count). The number of aromatic nitrogens is 2. The number of anilines is 3. The molecular formula is C24H34N6O3. The van der Waals surface area contributed by atoms with Crippen molar-refractivity contribution in [1.82, 2.24) is 14.9 Å². The predicted molar refractivity (Wildman–Crippen MR) is 129 cm³/mol. The molecule has 178 valence electrons. The van der Waals surface area contributed by atoms with Crippen LogP contribution in [0.1, 0.15) is 43.6 Å². The molecule has 2 aromatic rings. The second-order valence-electron chi connectivity index (χ2n) is 8.53. The lowest BCUT2D eigenvalue weighted by atomic mass is 10.2. The average molecular weight is 455 g/mol. The van der Waals surface area contributed by atoms with Crippen LogP contribution in [0.2, 0.25) is 0 Å². The number of morpholine rings is 1. The van der Waals surface area contributed by atoms with E-state index in [1.54, 1.807) is 18.2 Å². The fourth-order valence-electron chi connectivity index (χ4n) is 4.11. The van der Waals surface area contributed by atoms with Crippen molar-refractivity contribution in [2.24, 2.45) is 0 Å². The normalized spacial score (nSPS) is 20.3. The molecule has 1 aromatic heterocycles. The van der Waals surface area contributed by atoms with Gasteiger partial charge in [-0.25, -0.2) is 4.98 Å². The fourth-order valence-corrected chi connectivity index (χ4v) is 4.11. The SMILES string of the molecule is CCCN(CCC)c1nc(OC2CC2N2CCOCC2)cc(C(=O)Nc2ccccc2N)n1. The van der Waals surface area contributed by atoms with Gasteiger partial charge in [0.15, 0.2) is 0 Å². The summed E-state index contributed by atoms with van der Waals surface area (Å²) in [6.07, 6.45) is 2.93. The van der Waals surface area contributed by atoms with Crippen LogP contribution < -0.4 is 20.7 Å². The number of nitrogen functional groups attached to an aromatic ring is 1. The first-order valence-electron chi connectivity index (χ1n) is 11.9. The molecule has 2 aliphatic rings. The van der Waals surface area contributed by atoms with Crippen LogP contribution in [0.3, 0.4) is 0 Å². The molecule has 1 aromatic carbocycles. The number of nitrogens with one attached hydrogen (secondary N) is 1. The predicted octanol–water partition coefficient (Wildman–Crippen LogP) is 2.79. The second-order valence-corrected chi connectivity index (χ2v) is 8.53. The number of amides is 1. The molecule has 0 bridgehead atoms. The Bertz CT molecular complexity index is 944. The van der Waals surface area contributed by atoms with Crippen molar-refractivity contribution in [3.05, 3.63) is 36.0 Å². The number of para-hydroxylation sites is 2. The molecule has 1 aliphatic carbocycles. The molecule has 0 radical (unpaired) electrons. The van der Waals surface area contributed by atoms with Crippen LogP contribution in [-0.2, 0) is 4.74 Å². The Balaban J connectivity index is 1.55. The summed E-state index contributed by atoms with van der Waals surface area (Å²) in [5.74, 6) is 0.616. The van der Waals surface area contributed by atoms with Crippen molar-refractivity contribution >= 4 is 23.2 Å². The number of carbonyl (C=O) groups is 1.